The summed E-state index contributed by atoms with van der Waals surface area (Å²) in [6.07, 6.45) is 0. The second-order valence-electron chi connectivity index (χ2n) is 3.94. The smallest absolute Gasteiger partial charge is 0.243 e. The molecule has 0 radical (unpaired) electrons. The lowest BCUT2D eigenvalue weighted by Crippen LogP contribution is -2.24. The number of aromatic nitrogens is 1. The Kier molecular flexibility index (Phi) is 3.79. The van der Waals surface area contributed by atoms with Crippen LogP contribution in [-0.4, -0.2) is 13.6 Å². The summed E-state index contributed by atoms with van der Waals surface area (Å²) >= 11 is 5.77. The number of aryl methyl sites for hydroxylation is 1. The molecule has 1 aromatic carbocycles. The Morgan fingerprint density at radius 2 is 2.16 bits per heavy atom. The number of sulfonamides is 1. The predicted octanol–water partition coefficient (Wildman–Crippen LogP) is 1.70. The SMILES string of the molecule is Cc1cc(CNS(=O)(=O)c2cc(Cl)ccc2N)on1. The maximum Gasteiger partial charge on any atom is 0.243 e. The van der Waals surface area contributed by atoms with Crippen molar-refractivity contribution in [3.8, 4) is 0 Å². The molecule has 0 amide bonds. The van der Waals surface area contributed by atoms with Gasteiger partial charge < -0.3 is 10.3 Å². The number of nitrogens with zero attached hydrogens (tertiary/aromatic N) is 1. The molecule has 2 rings (SSSR count). The molecule has 0 aliphatic heterocycles. The molecule has 2 aromatic rings. The summed E-state index contributed by atoms with van der Waals surface area (Å²) in [4.78, 5) is -0.0590. The molecular formula is C11H12ClN3O3S. The quantitative estimate of drug-likeness (QED) is 0.837. The van der Waals surface area contributed by atoms with E-state index in [9.17, 15) is 8.42 Å². The lowest BCUT2D eigenvalue weighted by molar-refractivity contribution is 0.377. The van der Waals surface area contributed by atoms with Gasteiger partial charge in [-0.25, -0.2) is 13.1 Å². The van der Waals surface area contributed by atoms with Crippen molar-refractivity contribution in [2.24, 2.45) is 0 Å². The van der Waals surface area contributed by atoms with Gasteiger partial charge in [-0.2, -0.15) is 0 Å². The maximum atomic E-state index is 12.1. The minimum Gasteiger partial charge on any atom is -0.398 e. The predicted molar refractivity (Wildman–Crippen MR) is 71.1 cm³/mol. The molecule has 8 heteroatoms. The molecule has 19 heavy (non-hydrogen) atoms. The fourth-order valence-electron chi connectivity index (χ4n) is 1.48. The minimum absolute atomic E-state index is 0.00483. The molecule has 0 unspecified atom stereocenters. The maximum absolute atomic E-state index is 12.1. The highest BCUT2D eigenvalue weighted by molar-refractivity contribution is 7.89. The normalized spacial score (nSPS) is 11.7. The van der Waals surface area contributed by atoms with Crippen molar-refractivity contribution in [3.63, 3.8) is 0 Å². The molecule has 0 atom stereocenters. The first kappa shape index (κ1) is 13.9. The van der Waals surface area contributed by atoms with Crippen molar-refractivity contribution in [1.82, 2.24) is 9.88 Å². The van der Waals surface area contributed by atoms with Gasteiger partial charge in [0.25, 0.3) is 0 Å². The molecule has 0 fully saturated rings. The standard InChI is InChI=1S/C11H12ClN3O3S/c1-7-4-9(18-15-7)6-14-19(16,17)11-5-8(12)2-3-10(11)13/h2-5,14H,6,13H2,1H3. The molecule has 0 aliphatic carbocycles. The number of rotatable bonds is 4. The van der Waals surface area contributed by atoms with Crippen LogP contribution in [0.5, 0.6) is 0 Å². The third-order valence-electron chi connectivity index (χ3n) is 2.38. The summed E-state index contributed by atoms with van der Waals surface area (Å²) < 4.78 is 31.4. The minimum atomic E-state index is -3.75. The van der Waals surface area contributed by atoms with Gasteiger partial charge in [-0.05, 0) is 25.1 Å². The van der Waals surface area contributed by atoms with Crippen LogP contribution < -0.4 is 10.5 Å². The van der Waals surface area contributed by atoms with E-state index in [0.717, 1.165) is 0 Å². The van der Waals surface area contributed by atoms with Crippen LogP contribution in [0.15, 0.2) is 33.7 Å². The van der Waals surface area contributed by atoms with E-state index < -0.39 is 10.0 Å². The van der Waals surface area contributed by atoms with Crippen LogP contribution in [0.2, 0.25) is 5.02 Å². The number of hydrogen-bond donors (Lipinski definition) is 2. The van der Waals surface area contributed by atoms with Crippen molar-refractivity contribution < 1.29 is 12.9 Å². The van der Waals surface area contributed by atoms with E-state index in [1.807, 2.05) is 0 Å². The van der Waals surface area contributed by atoms with Gasteiger partial charge >= 0.3 is 0 Å². The van der Waals surface area contributed by atoms with Crippen LogP contribution in [-0.2, 0) is 16.6 Å². The summed E-state index contributed by atoms with van der Waals surface area (Å²) in [7, 11) is -3.75. The Morgan fingerprint density at radius 3 is 2.79 bits per heavy atom. The van der Waals surface area contributed by atoms with E-state index in [0.29, 0.717) is 16.5 Å². The van der Waals surface area contributed by atoms with Crippen LogP contribution in [0.25, 0.3) is 0 Å². The molecule has 1 heterocycles. The van der Waals surface area contributed by atoms with Crippen LogP contribution in [0.3, 0.4) is 0 Å². The Bertz CT molecular complexity index is 697. The van der Waals surface area contributed by atoms with Gasteiger partial charge in [0.1, 0.15) is 4.90 Å². The van der Waals surface area contributed by atoms with Gasteiger partial charge in [-0.15, -0.1) is 0 Å². The van der Waals surface area contributed by atoms with Crippen molar-refractivity contribution >= 4 is 27.3 Å². The summed E-state index contributed by atoms with van der Waals surface area (Å²) in [5, 5.41) is 3.96. The molecule has 3 N–H and O–H groups in total. The van der Waals surface area contributed by atoms with Gasteiger partial charge in [-0.1, -0.05) is 16.8 Å². The van der Waals surface area contributed by atoms with Gasteiger partial charge in [0, 0.05) is 11.1 Å². The zero-order valence-corrected chi connectivity index (χ0v) is 11.6. The summed E-state index contributed by atoms with van der Waals surface area (Å²) in [5.74, 6) is 0.418. The van der Waals surface area contributed by atoms with Gasteiger partial charge in [0.2, 0.25) is 10.0 Å². The second kappa shape index (κ2) is 5.20. The Labute approximate surface area is 115 Å². The fraction of sp³-hybridized carbons (Fsp3) is 0.182. The summed E-state index contributed by atoms with van der Waals surface area (Å²) in [6, 6.07) is 5.90. The van der Waals surface area contributed by atoms with Gasteiger partial charge in [0.15, 0.2) is 5.76 Å². The first-order chi connectivity index (χ1) is 8.88. The third kappa shape index (κ3) is 3.25. The van der Waals surface area contributed by atoms with Crippen LogP contribution in [0, 0.1) is 6.92 Å². The highest BCUT2D eigenvalue weighted by atomic mass is 35.5. The topological polar surface area (TPSA) is 98.2 Å². The van der Waals surface area contributed by atoms with E-state index in [1.54, 1.807) is 13.0 Å². The van der Waals surface area contributed by atoms with Crippen molar-refractivity contribution in [2.45, 2.75) is 18.4 Å². The van der Waals surface area contributed by atoms with E-state index in [-0.39, 0.29) is 17.1 Å². The van der Waals surface area contributed by atoms with Gasteiger partial charge in [-0.3, -0.25) is 0 Å². The molecular weight excluding hydrogens is 290 g/mol. The molecule has 102 valence electrons. The number of nitrogen functional groups attached to an aromatic ring is 1. The van der Waals surface area contributed by atoms with E-state index in [4.69, 9.17) is 21.9 Å². The largest absolute Gasteiger partial charge is 0.398 e. The molecule has 1 aromatic heterocycles. The van der Waals surface area contributed by atoms with Crippen LogP contribution in [0.1, 0.15) is 11.5 Å². The molecule has 0 spiro atoms. The molecule has 0 aliphatic rings. The first-order valence-corrected chi connectivity index (χ1v) is 7.21. The monoisotopic (exact) mass is 301 g/mol. The number of halogens is 1. The van der Waals surface area contributed by atoms with Crippen LogP contribution in [0.4, 0.5) is 5.69 Å². The first-order valence-electron chi connectivity index (χ1n) is 5.35. The number of nitrogens with one attached hydrogen (secondary N) is 1. The molecule has 0 bridgehead atoms. The highest BCUT2D eigenvalue weighted by Crippen LogP contribution is 2.22. The number of hydrogen-bond acceptors (Lipinski definition) is 5. The Morgan fingerprint density at radius 1 is 1.42 bits per heavy atom. The highest BCUT2D eigenvalue weighted by Gasteiger charge is 2.18. The zero-order valence-electron chi connectivity index (χ0n) is 10.1. The molecule has 6 nitrogen and oxygen atoms in total. The Balaban J connectivity index is 2.20. The van der Waals surface area contributed by atoms with Crippen LogP contribution >= 0.6 is 11.6 Å². The molecule has 0 saturated heterocycles. The van der Waals surface area contributed by atoms with Crippen molar-refractivity contribution in [2.75, 3.05) is 5.73 Å². The molecule has 0 saturated carbocycles. The summed E-state index contributed by atoms with van der Waals surface area (Å²) in [5.41, 5.74) is 6.44. The van der Waals surface area contributed by atoms with E-state index in [1.165, 1.54) is 18.2 Å². The lowest BCUT2D eigenvalue weighted by atomic mass is 10.3. The lowest BCUT2D eigenvalue weighted by Gasteiger charge is -2.08. The number of anilines is 1. The van der Waals surface area contributed by atoms with Crippen molar-refractivity contribution in [1.29, 1.82) is 0 Å². The number of nitrogens with two attached hydrogens (primary N) is 1. The Hall–Kier alpha value is -1.57. The van der Waals surface area contributed by atoms with E-state index in [2.05, 4.69) is 9.88 Å². The van der Waals surface area contributed by atoms with Gasteiger partial charge in [0.05, 0.1) is 17.9 Å². The second-order valence-corrected chi connectivity index (χ2v) is 6.11. The average Bonchev–Trinajstić information content (AvgIpc) is 2.76. The number of benzene rings is 1. The third-order valence-corrected chi connectivity index (χ3v) is 4.07. The average molecular weight is 302 g/mol. The zero-order chi connectivity index (χ0) is 14.0. The summed E-state index contributed by atoms with van der Waals surface area (Å²) in [6.45, 7) is 1.74. The fourth-order valence-corrected chi connectivity index (χ4v) is 2.87. The van der Waals surface area contributed by atoms with E-state index >= 15 is 0 Å². The van der Waals surface area contributed by atoms with Crippen molar-refractivity contribution in [3.05, 3.63) is 40.7 Å².